The number of rotatable bonds is 8. The number of anilines is 1. The molecule has 3 rings (SSSR count). The Balaban J connectivity index is 1.45. The van der Waals surface area contributed by atoms with Crippen LogP contribution in [0.25, 0.3) is 0 Å². The van der Waals surface area contributed by atoms with Crippen LogP contribution in [-0.2, 0) is 16.0 Å². The van der Waals surface area contributed by atoms with Gasteiger partial charge < -0.3 is 20.1 Å². The monoisotopic (exact) mass is 354 g/mol. The number of hydrogen-bond acceptors (Lipinski definition) is 4. The fourth-order valence-electron chi connectivity index (χ4n) is 2.43. The predicted molar refractivity (Wildman–Crippen MR) is 98.4 cm³/mol. The summed E-state index contributed by atoms with van der Waals surface area (Å²) in [5.41, 5.74) is 1.57. The summed E-state index contributed by atoms with van der Waals surface area (Å²) in [4.78, 5) is 23.8. The van der Waals surface area contributed by atoms with Crippen molar-refractivity contribution in [1.82, 2.24) is 5.32 Å². The van der Waals surface area contributed by atoms with Crippen molar-refractivity contribution >= 4 is 17.5 Å². The molecule has 0 spiro atoms. The van der Waals surface area contributed by atoms with E-state index in [1.54, 1.807) is 43.5 Å². The highest BCUT2D eigenvalue weighted by Crippen LogP contribution is 2.20. The molecule has 6 nitrogen and oxygen atoms in total. The SMILES string of the molecule is COc1cccc(OCC(=O)Nc2ccc(CC(=O)NC3CC3)cc2)c1. The van der Waals surface area contributed by atoms with Crippen molar-refractivity contribution in [3.05, 3.63) is 54.1 Å². The number of nitrogens with one attached hydrogen (secondary N) is 2. The van der Waals surface area contributed by atoms with Crippen molar-refractivity contribution in [2.75, 3.05) is 19.0 Å². The highest BCUT2D eigenvalue weighted by atomic mass is 16.5. The molecule has 2 N–H and O–H groups in total. The van der Waals surface area contributed by atoms with Gasteiger partial charge in [-0.25, -0.2) is 0 Å². The smallest absolute Gasteiger partial charge is 0.262 e. The van der Waals surface area contributed by atoms with Gasteiger partial charge in [0.25, 0.3) is 5.91 Å². The molecule has 1 saturated carbocycles. The van der Waals surface area contributed by atoms with Gasteiger partial charge in [-0.15, -0.1) is 0 Å². The van der Waals surface area contributed by atoms with Crippen molar-refractivity contribution in [2.45, 2.75) is 25.3 Å². The first-order valence-electron chi connectivity index (χ1n) is 8.57. The van der Waals surface area contributed by atoms with Crippen LogP contribution in [0.5, 0.6) is 11.5 Å². The van der Waals surface area contributed by atoms with Gasteiger partial charge in [-0.1, -0.05) is 18.2 Å². The van der Waals surface area contributed by atoms with E-state index in [-0.39, 0.29) is 18.4 Å². The zero-order valence-electron chi connectivity index (χ0n) is 14.7. The Morgan fingerprint density at radius 3 is 2.46 bits per heavy atom. The molecule has 2 aromatic rings. The van der Waals surface area contributed by atoms with Crippen LogP contribution in [0, 0.1) is 0 Å². The van der Waals surface area contributed by atoms with Crippen molar-refractivity contribution in [1.29, 1.82) is 0 Å². The molecule has 0 atom stereocenters. The number of carbonyl (C=O) groups is 2. The first-order chi connectivity index (χ1) is 12.6. The molecule has 136 valence electrons. The van der Waals surface area contributed by atoms with Crippen molar-refractivity contribution < 1.29 is 19.1 Å². The molecule has 1 aliphatic rings. The molecule has 2 aromatic carbocycles. The lowest BCUT2D eigenvalue weighted by Gasteiger charge is -2.09. The standard InChI is InChI=1S/C20H22N2O4/c1-25-17-3-2-4-18(12-17)26-13-20(24)22-15-7-5-14(6-8-15)11-19(23)21-16-9-10-16/h2-8,12,16H,9-11,13H2,1H3,(H,21,23)(H,22,24). The lowest BCUT2D eigenvalue weighted by Crippen LogP contribution is -2.26. The van der Waals surface area contributed by atoms with Gasteiger partial charge in [-0.2, -0.15) is 0 Å². The Morgan fingerprint density at radius 1 is 1.04 bits per heavy atom. The van der Waals surface area contributed by atoms with E-state index < -0.39 is 0 Å². The fourth-order valence-corrected chi connectivity index (χ4v) is 2.43. The van der Waals surface area contributed by atoms with Crippen LogP contribution in [-0.4, -0.2) is 31.6 Å². The van der Waals surface area contributed by atoms with E-state index >= 15 is 0 Å². The lowest BCUT2D eigenvalue weighted by atomic mass is 10.1. The number of hydrogen-bond donors (Lipinski definition) is 2. The lowest BCUT2D eigenvalue weighted by molar-refractivity contribution is -0.120. The first kappa shape index (κ1) is 17.8. The van der Waals surface area contributed by atoms with Gasteiger partial charge >= 0.3 is 0 Å². The maximum absolute atomic E-state index is 12.0. The third-order valence-corrected chi connectivity index (χ3v) is 3.96. The van der Waals surface area contributed by atoms with E-state index in [0.29, 0.717) is 29.6 Å². The van der Waals surface area contributed by atoms with Gasteiger partial charge in [0.2, 0.25) is 5.91 Å². The zero-order valence-corrected chi connectivity index (χ0v) is 14.7. The van der Waals surface area contributed by atoms with Gasteiger partial charge in [0, 0.05) is 17.8 Å². The van der Waals surface area contributed by atoms with E-state index in [2.05, 4.69) is 10.6 Å². The Kier molecular flexibility index (Phi) is 5.73. The molecular formula is C20H22N2O4. The van der Waals surface area contributed by atoms with Crippen LogP contribution in [0.1, 0.15) is 18.4 Å². The molecule has 0 aliphatic heterocycles. The molecule has 0 bridgehead atoms. The molecule has 6 heteroatoms. The van der Waals surface area contributed by atoms with Gasteiger partial charge in [-0.05, 0) is 42.7 Å². The summed E-state index contributed by atoms with van der Waals surface area (Å²) in [6.45, 7) is -0.0985. The second-order valence-electron chi connectivity index (χ2n) is 6.23. The Morgan fingerprint density at radius 2 is 1.77 bits per heavy atom. The zero-order chi connectivity index (χ0) is 18.4. The molecule has 0 aromatic heterocycles. The van der Waals surface area contributed by atoms with E-state index in [9.17, 15) is 9.59 Å². The van der Waals surface area contributed by atoms with E-state index in [4.69, 9.17) is 9.47 Å². The molecule has 2 amide bonds. The fraction of sp³-hybridized carbons (Fsp3) is 0.300. The average molecular weight is 354 g/mol. The first-order valence-corrected chi connectivity index (χ1v) is 8.57. The molecule has 26 heavy (non-hydrogen) atoms. The Labute approximate surface area is 152 Å². The summed E-state index contributed by atoms with van der Waals surface area (Å²) in [6, 6.07) is 14.7. The van der Waals surface area contributed by atoms with Crippen LogP contribution >= 0.6 is 0 Å². The van der Waals surface area contributed by atoms with E-state index in [1.165, 1.54) is 0 Å². The highest BCUT2D eigenvalue weighted by Gasteiger charge is 2.23. The minimum absolute atomic E-state index is 0.0379. The third kappa shape index (κ3) is 5.51. The van der Waals surface area contributed by atoms with Crippen LogP contribution in [0.15, 0.2) is 48.5 Å². The van der Waals surface area contributed by atoms with Crippen molar-refractivity contribution in [2.24, 2.45) is 0 Å². The average Bonchev–Trinajstić information content (AvgIpc) is 3.45. The summed E-state index contributed by atoms with van der Waals surface area (Å²) in [5.74, 6) is 1.02. The second kappa shape index (κ2) is 8.38. The molecule has 0 saturated heterocycles. The number of carbonyl (C=O) groups excluding carboxylic acids is 2. The van der Waals surface area contributed by atoms with Gasteiger partial charge in [0.15, 0.2) is 6.61 Å². The topological polar surface area (TPSA) is 76.7 Å². The third-order valence-electron chi connectivity index (χ3n) is 3.96. The summed E-state index contributed by atoms with van der Waals surface area (Å²) in [7, 11) is 1.57. The molecule has 1 aliphatic carbocycles. The number of benzene rings is 2. The van der Waals surface area contributed by atoms with Gasteiger partial charge in [0.05, 0.1) is 13.5 Å². The highest BCUT2D eigenvalue weighted by molar-refractivity contribution is 5.92. The van der Waals surface area contributed by atoms with E-state index in [0.717, 1.165) is 18.4 Å². The predicted octanol–water partition coefficient (Wildman–Crippen LogP) is 2.53. The van der Waals surface area contributed by atoms with E-state index in [1.807, 2.05) is 12.1 Å². The summed E-state index contributed by atoms with van der Waals surface area (Å²) < 4.78 is 10.6. The number of amides is 2. The molecule has 0 unspecified atom stereocenters. The quantitative estimate of drug-likeness (QED) is 0.764. The Bertz CT molecular complexity index is 770. The maximum Gasteiger partial charge on any atom is 0.262 e. The molecular weight excluding hydrogens is 332 g/mol. The number of methoxy groups -OCH3 is 1. The van der Waals surface area contributed by atoms with Crippen molar-refractivity contribution in [3.63, 3.8) is 0 Å². The van der Waals surface area contributed by atoms with Crippen LogP contribution in [0.3, 0.4) is 0 Å². The van der Waals surface area contributed by atoms with Crippen LogP contribution in [0.2, 0.25) is 0 Å². The molecule has 0 radical (unpaired) electrons. The summed E-state index contributed by atoms with van der Waals surface area (Å²) in [6.07, 6.45) is 2.51. The minimum Gasteiger partial charge on any atom is -0.497 e. The van der Waals surface area contributed by atoms with Crippen LogP contribution < -0.4 is 20.1 Å². The molecule has 0 heterocycles. The van der Waals surface area contributed by atoms with Crippen LogP contribution in [0.4, 0.5) is 5.69 Å². The largest absolute Gasteiger partial charge is 0.497 e. The maximum atomic E-state index is 12.0. The Hall–Kier alpha value is -3.02. The summed E-state index contributed by atoms with van der Waals surface area (Å²) in [5, 5.41) is 5.72. The molecule has 1 fully saturated rings. The van der Waals surface area contributed by atoms with Gasteiger partial charge in [0.1, 0.15) is 11.5 Å². The minimum atomic E-state index is -0.257. The number of ether oxygens (including phenoxy) is 2. The summed E-state index contributed by atoms with van der Waals surface area (Å²) >= 11 is 0. The van der Waals surface area contributed by atoms with Crippen molar-refractivity contribution in [3.8, 4) is 11.5 Å². The normalized spacial score (nSPS) is 13.0. The second-order valence-corrected chi connectivity index (χ2v) is 6.23. The van der Waals surface area contributed by atoms with Gasteiger partial charge in [-0.3, -0.25) is 9.59 Å².